The van der Waals surface area contributed by atoms with Gasteiger partial charge >= 0.3 is 0 Å². The van der Waals surface area contributed by atoms with Crippen LogP contribution in [0.5, 0.6) is 0 Å². The molecule has 2 N–H and O–H groups in total. The molecule has 0 aliphatic heterocycles. The molecule has 0 heterocycles. The summed E-state index contributed by atoms with van der Waals surface area (Å²) in [6.45, 7) is 4.32. The molecular weight excluding hydrogens is 138 g/mol. The molecule has 0 aromatic heterocycles. The Morgan fingerprint density at radius 2 is 2.09 bits per heavy atom. The molecule has 11 heavy (non-hydrogen) atoms. The number of hydrogen-bond acceptors (Lipinski definition) is 1. The zero-order valence-corrected chi connectivity index (χ0v) is 7.08. The van der Waals surface area contributed by atoms with E-state index < -0.39 is 0 Å². The van der Waals surface area contributed by atoms with Crippen LogP contribution in [0.3, 0.4) is 0 Å². The molecule has 2 nitrogen and oxygen atoms in total. The smallest absolute Gasteiger partial charge is 0.224 e. The number of hydrogen-bond donors (Lipinski definition) is 1. The maximum Gasteiger partial charge on any atom is 0.224 e. The van der Waals surface area contributed by atoms with Crippen molar-refractivity contribution in [1.29, 1.82) is 0 Å². The number of amides is 1. The van der Waals surface area contributed by atoms with Crippen LogP contribution in [0.25, 0.3) is 0 Å². The Bertz CT molecular complexity index is 186. The fourth-order valence-corrected chi connectivity index (χ4v) is 1.40. The van der Waals surface area contributed by atoms with E-state index >= 15 is 0 Å². The molecule has 3 unspecified atom stereocenters. The van der Waals surface area contributed by atoms with Crippen LogP contribution >= 0.6 is 0 Å². The molecule has 1 rings (SSSR count). The third-order valence-electron chi connectivity index (χ3n) is 2.54. The second kappa shape index (κ2) is 3.07. The number of nitrogens with two attached hydrogens (primary N) is 1. The normalized spacial score (nSPS) is 37.1. The van der Waals surface area contributed by atoms with Crippen molar-refractivity contribution in [1.82, 2.24) is 0 Å². The monoisotopic (exact) mass is 153 g/mol. The van der Waals surface area contributed by atoms with Gasteiger partial charge in [0.2, 0.25) is 5.91 Å². The van der Waals surface area contributed by atoms with Gasteiger partial charge in [0, 0.05) is 0 Å². The molecule has 1 aliphatic rings. The highest BCUT2D eigenvalue weighted by Crippen LogP contribution is 2.27. The van der Waals surface area contributed by atoms with Gasteiger partial charge in [0.25, 0.3) is 0 Å². The summed E-state index contributed by atoms with van der Waals surface area (Å²) >= 11 is 0. The Balaban J connectivity index is 2.63. The van der Waals surface area contributed by atoms with E-state index in [2.05, 4.69) is 19.9 Å². The van der Waals surface area contributed by atoms with Crippen LogP contribution in [0.15, 0.2) is 12.2 Å². The molecule has 0 fully saturated rings. The first-order valence-corrected chi connectivity index (χ1v) is 4.09. The molecule has 0 aromatic rings. The number of allylic oxidation sites excluding steroid dienone is 1. The Morgan fingerprint density at radius 1 is 1.45 bits per heavy atom. The Labute approximate surface area is 67.5 Å². The van der Waals surface area contributed by atoms with Crippen molar-refractivity contribution in [3.8, 4) is 0 Å². The summed E-state index contributed by atoms with van der Waals surface area (Å²) in [5.74, 6) is 0.948. The van der Waals surface area contributed by atoms with Crippen LogP contribution in [0.2, 0.25) is 0 Å². The fourth-order valence-electron chi connectivity index (χ4n) is 1.40. The molecule has 0 aromatic carbocycles. The molecule has 62 valence electrons. The van der Waals surface area contributed by atoms with E-state index in [1.54, 1.807) is 0 Å². The maximum atomic E-state index is 10.8. The van der Waals surface area contributed by atoms with Gasteiger partial charge in [0.05, 0.1) is 5.92 Å². The first-order chi connectivity index (χ1) is 5.11. The topological polar surface area (TPSA) is 43.1 Å². The summed E-state index contributed by atoms with van der Waals surface area (Å²) in [6.07, 6.45) is 4.93. The van der Waals surface area contributed by atoms with Crippen molar-refractivity contribution in [3.05, 3.63) is 12.2 Å². The second-order valence-electron chi connectivity index (χ2n) is 3.47. The highest BCUT2D eigenvalue weighted by Gasteiger charge is 2.22. The molecule has 1 aliphatic carbocycles. The van der Waals surface area contributed by atoms with Crippen molar-refractivity contribution >= 4 is 5.91 Å². The highest BCUT2D eigenvalue weighted by atomic mass is 16.1. The van der Waals surface area contributed by atoms with Gasteiger partial charge in [-0.2, -0.15) is 0 Å². The summed E-state index contributed by atoms with van der Waals surface area (Å²) in [6, 6.07) is 0. The van der Waals surface area contributed by atoms with Gasteiger partial charge in [0.1, 0.15) is 0 Å². The van der Waals surface area contributed by atoms with Crippen LogP contribution in [0, 0.1) is 17.8 Å². The van der Waals surface area contributed by atoms with Gasteiger partial charge < -0.3 is 5.73 Å². The minimum atomic E-state index is -0.194. The SMILES string of the molecule is CC1C=CC(C(N)=O)CC1C. The molecule has 0 spiro atoms. The van der Waals surface area contributed by atoms with Gasteiger partial charge in [0.15, 0.2) is 0 Å². The van der Waals surface area contributed by atoms with Gasteiger partial charge in [-0.25, -0.2) is 0 Å². The minimum Gasteiger partial charge on any atom is -0.369 e. The van der Waals surface area contributed by atoms with Crippen LogP contribution in [0.1, 0.15) is 20.3 Å². The van der Waals surface area contributed by atoms with Crippen molar-refractivity contribution in [3.63, 3.8) is 0 Å². The number of primary amides is 1. The zero-order valence-electron chi connectivity index (χ0n) is 7.08. The van der Waals surface area contributed by atoms with Crippen LogP contribution < -0.4 is 5.73 Å². The molecule has 0 bridgehead atoms. The summed E-state index contributed by atoms with van der Waals surface area (Å²) in [4.78, 5) is 10.8. The lowest BCUT2D eigenvalue weighted by Gasteiger charge is -2.24. The first kappa shape index (κ1) is 8.31. The number of rotatable bonds is 1. The Kier molecular flexibility index (Phi) is 2.32. The largest absolute Gasteiger partial charge is 0.369 e. The van der Waals surface area contributed by atoms with E-state index in [-0.39, 0.29) is 11.8 Å². The second-order valence-corrected chi connectivity index (χ2v) is 3.47. The molecule has 0 saturated heterocycles. The lowest BCUT2D eigenvalue weighted by Crippen LogP contribution is -2.27. The molecule has 1 amide bonds. The zero-order chi connectivity index (χ0) is 8.43. The number of carbonyl (C=O) groups is 1. The Hall–Kier alpha value is -0.790. The lowest BCUT2D eigenvalue weighted by molar-refractivity contribution is -0.121. The van der Waals surface area contributed by atoms with E-state index in [9.17, 15) is 4.79 Å². The van der Waals surface area contributed by atoms with E-state index in [4.69, 9.17) is 5.73 Å². The molecular formula is C9H15NO. The van der Waals surface area contributed by atoms with Crippen molar-refractivity contribution in [2.75, 3.05) is 0 Å². The van der Waals surface area contributed by atoms with E-state index in [0.29, 0.717) is 11.8 Å². The quantitative estimate of drug-likeness (QED) is 0.567. The van der Waals surface area contributed by atoms with Gasteiger partial charge in [-0.3, -0.25) is 4.79 Å². The minimum absolute atomic E-state index is 0.0267. The van der Waals surface area contributed by atoms with E-state index in [0.717, 1.165) is 6.42 Å². The van der Waals surface area contributed by atoms with Crippen LogP contribution in [0.4, 0.5) is 0 Å². The third-order valence-corrected chi connectivity index (χ3v) is 2.54. The average molecular weight is 153 g/mol. The predicted octanol–water partition coefficient (Wildman–Crippen LogP) is 1.32. The van der Waals surface area contributed by atoms with Crippen molar-refractivity contribution in [2.45, 2.75) is 20.3 Å². The summed E-state index contributed by atoms with van der Waals surface area (Å²) in [5, 5.41) is 0. The third kappa shape index (κ3) is 1.82. The van der Waals surface area contributed by atoms with E-state index in [1.807, 2.05) is 6.08 Å². The summed E-state index contributed by atoms with van der Waals surface area (Å²) in [7, 11) is 0. The molecule has 3 atom stereocenters. The first-order valence-electron chi connectivity index (χ1n) is 4.09. The van der Waals surface area contributed by atoms with Crippen molar-refractivity contribution in [2.24, 2.45) is 23.5 Å². The van der Waals surface area contributed by atoms with Gasteiger partial charge in [-0.1, -0.05) is 26.0 Å². The standard InChI is InChI=1S/C9H15NO/c1-6-3-4-8(9(10)11)5-7(6)2/h3-4,6-8H,5H2,1-2H3,(H2,10,11). The van der Waals surface area contributed by atoms with Crippen molar-refractivity contribution < 1.29 is 4.79 Å². The molecule has 2 heteroatoms. The summed E-state index contributed by atoms with van der Waals surface area (Å²) in [5.41, 5.74) is 5.18. The Morgan fingerprint density at radius 3 is 2.55 bits per heavy atom. The predicted molar refractivity (Wildman–Crippen MR) is 44.8 cm³/mol. The number of carbonyl (C=O) groups excluding carboxylic acids is 1. The van der Waals surface area contributed by atoms with Crippen LogP contribution in [-0.4, -0.2) is 5.91 Å². The fraction of sp³-hybridized carbons (Fsp3) is 0.667. The highest BCUT2D eigenvalue weighted by molar-refractivity contribution is 5.78. The average Bonchev–Trinajstić information content (AvgIpc) is 1.94. The maximum absolute atomic E-state index is 10.8. The summed E-state index contributed by atoms with van der Waals surface area (Å²) < 4.78 is 0. The van der Waals surface area contributed by atoms with E-state index in [1.165, 1.54) is 0 Å². The molecule has 0 saturated carbocycles. The van der Waals surface area contributed by atoms with Gasteiger partial charge in [-0.05, 0) is 18.3 Å². The molecule has 0 radical (unpaired) electrons. The lowest BCUT2D eigenvalue weighted by atomic mass is 9.81. The van der Waals surface area contributed by atoms with Crippen LogP contribution in [-0.2, 0) is 4.79 Å². The van der Waals surface area contributed by atoms with Gasteiger partial charge in [-0.15, -0.1) is 0 Å².